The number of amides is 2. The largest absolute Gasteiger partial charge is 0.493 e. The van der Waals surface area contributed by atoms with Crippen LogP contribution >= 0.6 is 0 Å². The second-order valence-corrected chi connectivity index (χ2v) is 6.70. The van der Waals surface area contributed by atoms with E-state index in [0.717, 1.165) is 6.42 Å². The highest BCUT2D eigenvalue weighted by Gasteiger charge is 2.39. The molecule has 2 amide bonds. The van der Waals surface area contributed by atoms with E-state index in [1.165, 1.54) is 26.4 Å². The molecule has 154 valence electrons. The second kappa shape index (κ2) is 9.43. The highest BCUT2D eigenvalue weighted by Crippen LogP contribution is 2.40. The third-order valence-corrected chi connectivity index (χ3v) is 4.89. The second-order valence-electron chi connectivity index (χ2n) is 6.70. The van der Waals surface area contributed by atoms with Crippen LogP contribution in [0.1, 0.15) is 37.6 Å². The summed E-state index contributed by atoms with van der Waals surface area (Å²) in [6.07, 6.45) is 0.817. The smallest absolute Gasteiger partial charge is 0.340 e. The minimum Gasteiger partial charge on any atom is -0.493 e. The van der Waals surface area contributed by atoms with Crippen LogP contribution in [0.15, 0.2) is 12.1 Å². The van der Waals surface area contributed by atoms with Crippen LogP contribution in [0.5, 0.6) is 11.5 Å². The van der Waals surface area contributed by atoms with Gasteiger partial charge in [0, 0.05) is 31.1 Å². The van der Waals surface area contributed by atoms with Gasteiger partial charge in [-0.2, -0.15) is 0 Å². The van der Waals surface area contributed by atoms with E-state index in [2.05, 4.69) is 5.32 Å². The maximum atomic E-state index is 12.6. The molecule has 0 saturated heterocycles. The van der Waals surface area contributed by atoms with Gasteiger partial charge < -0.3 is 24.4 Å². The molecule has 0 aliphatic heterocycles. The van der Waals surface area contributed by atoms with Crippen molar-refractivity contribution in [2.75, 3.05) is 39.2 Å². The fraction of sp³-hybridized carbons (Fsp3) is 0.550. The molecule has 28 heavy (non-hydrogen) atoms. The van der Waals surface area contributed by atoms with E-state index < -0.39 is 5.97 Å². The Labute approximate surface area is 165 Å². The fourth-order valence-corrected chi connectivity index (χ4v) is 2.94. The summed E-state index contributed by atoms with van der Waals surface area (Å²) in [4.78, 5) is 38.6. The molecule has 1 aliphatic rings. The number of rotatable bonds is 9. The number of hydrogen-bond acceptors (Lipinski definition) is 6. The summed E-state index contributed by atoms with van der Waals surface area (Å²) in [5, 5.41) is 2.77. The summed E-state index contributed by atoms with van der Waals surface area (Å²) in [6.45, 7) is 6.39. The minimum absolute atomic E-state index is 0.0683. The fourth-order valence-electron chi connectivity index (χ4n) is 2.94. The van der Waals surface area contributed by atoms with Crippen LogP contribution in [0.2, 0.25) is 0 Å². The van der Waals surface area contributed by atoms with Gasteiger partial charge in [0.15, 0.2) is 18.1 Å². The molecule has 2 unspecified atom stereocenters. The zero-order chi connectivity index (χ0) is 20.8. The molecular weight excluding hydrogens is 364 g/mol. The lowest BCUT2D eigenvalue weighted by Crippen LogP contribution is -2.34. The van der Waals surface area contributed by atoms with Crippen LogP contribution in [-0.2, 0) is 14.3 Å². The highest BCUT2D eigenvalue weighted by molar-refractivity contribution is 6.03. The maximum absolute atomic E-state index is 12.6. The van der Waals surface area contributed by atoms with E-state index in [9.17, 15) is 14.4 Å². The number of anilines is 1. The van der Waals surface area contributed by atoms with Crippen molar-refractivity contribution >= 4 is 23.5 Å². The monoisotopic (exact) mass is 392 g/mol. The third-order valence-electron chi connectivity index (χ3n) is 4.89. The molecule has 1 aromatic rings. The van der Waals surface area contributed by atoms with E-state index in [1.807, 2.05) is 20.8 Å². The van der Waals surface area contributed by atoms with Crippen LogP contribution in [0.3, 0.4) is 0 Å². The van der Waals surface area contributed by atoms with Crippen molar-refractivity contribution in [1.82, 2.24) is 4.90 Å². The van der Waals surface area contributed by atoms with Gasteiger partial charge in [-0.05, 0) is 26.2 Å². The van der Waals surface area contributed by atoms with Crippen molar-refractivity contribution in [3.05, 3.63) is 17.7 Å². The van der Waals surface area contributed by atoms with Gasteiger partial charge in [-0.1, -0.05) is 6.92 Å². The first-order chi connectivity index (χ1) is 13.4. The Morgan fingerprint density at radius 2 is 1.68 bits per heavy atom. The SMILES string of the molecule is CCN(CC)C(=O)COC(=O)c1cc(OC)c(OC)cc1NC(=O)C1CC1C. The Morgan fingerprint density at radius 3 is 2.18 bits per heavy atom. The number of nitrogens with one attached hydrogen (secondary N) is 1. The topological polar surface area (TPSA) is 94.2 Å². The lowest BCUT2D eigenvalue weighted by Gasteiger charge is -2.19. The summed E-state index contributed by atoms with van der Waals surface area (Å²) < 4.78 is 15.7. The first-order valence-corrected chi connectivity index (χ1v) is 9.37. The molecule has 0 aromatic heterocycles. The molecular formula is C20H28N2O6. The Bertz CT molecular complexity index is 744. The van der Waals surface area contributed by atoms with Crippen molar-refractivity contribution in [1.29, 1.82) is 0 Å². The molecule has 0 heterocycles. The molecule has 1 fully saturated rings. The zero-order valence-corrected chi connectivity index (χ0v) is 17.0. The molecule has 8 nitrogen and oxygen atoms in total. The quantitative estimate of drug-likeness (QED) is 0.648. The number of methoxy groups -OCH3 is 2. The van der Waals surface area contributed by atoms with E-state index >= 15 is 0 Å². The van der Waals surface area contributed by atoms with Gasteiger partial charge in [0.1, 0.15) is 0 Å². The van der Waals surface area contributed by atoms with Crippen molar-refractivity contribution in [2.45, 2.75) is 27.2 Å². The molecule has 8 heteroatoms. The number of esters is 1. The molecule has 0 spiro atoms. The number of ether oxygens (including phenoxy) is 3. The minimum atomic E-state index is -0.722. The maximum Gasteiger partial charge on any atom is 0.340 e. The first kappa shape index (κ1) is 21.5. The van der Waals surface area contributed by atoms with Crippen LogP contribution in [0.4, 0.5) is 5.69 Å². The van der Waals surface area contributed by atoms with Gasteiger partial charge in [0.25, 0.3) is 5.91 Å². The summed E-state index contributed by atoms with van der Waals surface area (Å²) in [7, 11) is 2.91. The van der Waals surface area contributed by atoms with Gasteiger partial charge in [-0.25, -0.2) is 4.79 Å². The Morgan fingerprint density at radius 1 is 1.11 bits per heavy atom. The summed E-state index contributed by atoms with van der Waals surface area (Å²) in [5.74, 6) is -0.215. The first-order valence-electron chi connectivity index (χ1n) is 9.37. The highest BCUT2D eigenvalue weighted by atomic mass is 16.5. The summed E-state index contributed by atoms with van der Waals surface area (Å²) in [5.41, 5.74) is 0.369. The lowest BCUT2D eigenvalue weighted by molar-refractivity contribution is -0.134. The predicted octanol–water partition coefficient (Wildman–Crippen LogP) is 2.32. The average Bonchev–Trinajstić information content (AvgIpc) is 3.43. The Hall–Kier alpha value is -2.77. The van der Waals surface area contributed by atoms with E-state index in [1.54, 1.807) is 4.90 Å². The molecule has 2 atom stereocenters. The molecule has 0 radical (unpaired) electrons. The number of likely N-dealkylation sites (N-methyl/N-ethyl adjacent to an activating group) is 1. The molecule has 1 aromatic carbocycles. The van der Waals surface area contributed by atoms with Gasteiger partial charge >= 0.3 is 5.97 Å². The summed E-state index contributed by atoms with van der Waals surface area (Å²) >= 11 is 0. The van der Waals surface area contributed by atoms with Gasteiger partial charge in [-0.15, -0.1) is 0 Å². The van der Waals surface area contributed by atoms with Crippen molar-refractivity contribution < 1.29 is 28.6 Å². The Balaban J connectivity index is 2.22. The molecule has 1 N–H and O–H groups in total. The van der Waals surface area contributed by atoms with Gasteiger partial charge in [0.2, 0.25) is 5.91 Å². The van der Waals surface area contributed by atoms with Crippen molar-refractivity contribution in [2.24, 2.45) is 11.8 Å². The normalized spacial score (nSPS) is 17.5. The van der Waals surface area contributed by atoms with Gasteiger partial charge in [-0.3, -0.25) is 9.59 Å². The Kier molecular flexibility index (Phi) is 7.25. The van der Waals surface area contributed by atoms with Gasteiger partial charge in [0.05, 0.1) is 25.5 Å². The lowest BCUT2D eigenvalue weighted by atomic mass is 10.1. The van der Waals surface area contributed by atoms with Crippen molar-refractivity contribution in [3.63, 3.8) is 0 Å². The molecule has 1 aliphatic carbocycles. The van der Waals surface area contributed by atoms with Crippen LogP contribution < -0.4 is 14.8 Å². The standard InChI is InChI=1S/C20H28N2O6/c1-6-22(7-2)18(23)11-28-20(25)14-9-16(26-4)17(27-5)10-15(14)21-19(24)13-8-12(13)3/h9-10,12-13H,6-8,11H2,1-5H3,(H,21,24). The molecule has 1 saturated carbocycles. The van der Waals surface area contributed by atoms with E-state index in [0.29, 0.717) is 30.5 Å². The molecule has 0 bridgehead atoms. The average molecular weight is 392 g/mol. The van der Waals surface area contributed by atoms with Crippen LogP contribution in [-0.4, -0.2) is 56.6 Å². The number of carbonyl (C=O) groups excluding carboxylic acids is 3. The summed E-state index contributed by atoms with van der Waals surface area (Å²) in [6, 6.07) is 2.96. The predicted molar refractivity (Wildman–Crippen MR) is 104 cm³/mol. The van der Waals surface area contributed by atoms with Crippen LogP contribution in [0, 0.1) is 11.8 Å². The van der Waals surface area contributed by atoms with Crippen LogP contribution in [0.25, 0.3) is 0 Å². The zero-order valence-electron chi connectivity index (χ0n) is 17.0. The molecule has 2 rings (SSSR count). The third kappa shape index (κ3) is 4.94. The van der Waals surface area contributed by atoms with E-state index in [-0.39, 0.29) is 35.6 Å². The van der Waals surface area contributed by atoms with E-state index in [4.69, 9.17) is 14.2 Å². The van der Waals surface area contributed by atoms with Crippen molar-refractivity contribution in [3.8, 4) is 11.5 Å². The number of nitrogens with zero attached hydrogens (tertiary/aromatic N) is 1. The number of hydrogen-bond donors (Lipinski definition) is 1. The number of carbonyl (C=O) groups is 3. The number of benzene rings is 1.